The molecule has 1 aromatic rings. The lowest BCUT2D eigenvalue weighted by atomic mass is 10.4. The van der Waals surface area contributed by atoms with E-state index >= 15 is 0 Å². The molecule has 1 heterocycles. The van der Waals surface area contributed by atoms with Gasteiger partial charge in [-0.25, -0.2) is 0 Å². The van der Waals surface area contributed by atoms with Gasteiger partial charge in [-0.3, -0.25) is 0 Å². The molecule has 1 aromatic heterocycles. The van der Waals surface area contributed by atoms with E-state index in [1.165, 1.54) is 11.3 Å². The van der Waals surface area contributed by atoms with E-state index in [9.17, 15) is 0 Å². The van der Waals surface area contributed by atoms with Gasteiger partial charge in [-0.05, 0) is 32.1 Å². The summed E-state index contributed by atoms with van der Waals surface area (Å²) in [6, 6.07) is 4.05. The van der Waals surface area contributed by atoms with E-state index in [0.29, 0.717) is 0 Å². The van der Waals surface area contributed by atoms with Crippen molar-refractivity contribution in [3.05, 3.63) is 21.3 Å². The fourth-order valence-corrected chi connectivity index (χ4v) is 2.53. The van der Waals surface area contributed by atoms with Crippen LogP contribution in [0.5, 0.6) is 0 Å². The summed E-state index contributed by atoms with van der Waals surface area (Å²) in [6.45, 7) is 2.13. The Morgan fingerprint density at radius 1 is 1.54 bits per heavy atom. The average molecular weight is 283 g/mol. The Balaban J connectivity index is 2.31. The van der Waals surface area contributed by atoms with E-state index in [4.69, 9.17) is 11.6 Å². The van der Waals surface area contributed by atoms with Crippen LogP contribution in [0.15, 0.2) is 12.1 Å². The number of nitrogens with zero attached hydrogens (tertiary/aromatic N) is 1. The van der Waals surface area contributed by atoms with Crippen LogP contribution in [-0.4, -0.2) is 23.8 Å². The zero-order chi connectivity index (χ0) is 9.68. The summed E-state index contributed by atoms with van der Waals surface area (Å²) >= 11 is 10.9. The van der Waals surface area contributed by atoms with Gasteiger partial charge >= 0.3 is 0 Å². The highest BCUT2D eigenvalue weighted by Crippen LogP contribution is 2.22. The first kappa shape index (κ1) is 11.5. The lowest BCUT2D eigenvalue weighted by molar-refractivity contribution is 0.332. The molecular formula is C9H13BrClNS. The fraction of sp³-hybridized carbons (Fsp3) is 0.556. The van der Waals surface area contributed by atoms with Gasteiger partial charge in [-0.2, -0.15) is 0 Å². The minimum atomic E-state index is 0.879. The number of alkyl halides is 1. The van der Waals surface area contributed by atoms with Gasteiger partial charge in [0.15, 0.2) is 0 Å². The molecular weight excluding hydrogens is 270 g/mol. The molecule has 0 unspecified atom stereocenters. The first-order chi connectivity index (χ1) is 6.22. The largest absolute Gasteiger partial charge is 0.301 e. The van der Waals surface area contributed by atoms with Gasteiger partial charge in [0.2, 0.25) is 0 Å². The van der Waals surface area contributed by atoms with Crippen LogP contribution in [0.25, 0.3) is 0 Å². The van der Waals surface area contributed by atoms with Gasteiger partial charge in [0, 0.05) is 16.8 Å². The summed E-state index contributed by atoms with van der Waals surface area (Å²) in [6.07, 6.45) is 1.19. The highest BCUT2D eigenvalue weighted by atomic mass is 79.9. The summed E-state index contributed by atoms with van der Waals surface area (Å²) in [5, 5.41) is 1.07. The third-order valence-electron chi connectivity index (χ3n) is 1.73. The van der Waals surface area contributed by atoms with E-state index in [1.807, 2.05) is 6.07 Å². The Kier molecular flexibility index (Phi) is 5.32. The molecule has 1 nitrogen and oxygen atoms in total. The molecule has 0 bridgehead atoms. The van der Waals surface area contributed by atoms with Gasteiger partial charge in [0.05, 0.1) is 4.34 Å². The Bertz CT molecular complexity index is 252. The standard InChI is InChI=1S/C9H13BrClNS/c1-12(6-2-5-10)7-8-3-4-9(11)13-8/h3-4H,2,5-7H2,1H3. The molecule has 0 radical (unpaired) electrons. The molecule has 1 rings (SSSR count). The van der Waals surface area contributed by atoms with Crippen molar-refractivity contribution in [3.8, 4) is 0 Å². The van der Waals surface area contributed by atoms with Crippen molar-refractivity contribution in [2.24, 2.45) is 0 Å². The molecule has 0 saturated heterocycles. The van der Waals surface area contributed by atoms with Crippen LogP contribution in [0.2, 0.25) is 4.34 Å². The molecule has 0 fully saturated rings. The molecule has 0 amide bonds. The van der Waals surface area contributed by atoms with Crippen molar-refractivity contribution in [1.82, 2.24) is 4.90 Å². The maximum Gasteiger partial charge on any atom is 0.0931 e. The predicted octanol–water partition coefficient (Wildman–Crippen LogP) is 3.62. The molecule has 0 aromatic carbocycles. The zero-order valence-electron chi connectivity index (χ0n) is 7.59. The van der Waals surface area contributed by atoms with Crippen LogP contribution in [0.1, 0.15) is 11.3 Å². The zero-order valence-corrected chi connectivity index (χ0v) is 10.8. The van der Waals surface area contributed by atoms with Gasteiger partial charge in [0.1, 0.15) is 0 Å². The highest BCUT2D eigenvalue weighted by Gasteiger charge is 2.02. The Morgan fingerprint density at radius 3 is 2.85 bits per heavy atom. The normalized spacial score (nSPS) is 11.1. The van der Waals surface area contributed by atoms with Crippen LogP contribution in [-0.2, 0) is 6.54 Å². The number of halogens is 2. The Labute approximate surface area is 96.8 Å². The Morgan fingerprint density at radius 2 is 2.31 bits per heavy atom. The van der Waals surface area contributed by atoms with Crippen molar-refractivity contribution in [3.63, 3.8) is 0 Å². The molecule has 74 valence electrons. The number of rotatable bonds is 5. The Hall–Kier alpha value is 0.430. The van der Waals surface area contributed by atoms with Crippen LogP contribution in [0.4, 0.5) is 0 Å². The molecule has 0 atom stereocenters. The van der Waals surface area contributed by atoms with Crippen molar-refractivity contribution in [2.75, 3.05) is 18.9 Å². The van der Waals surface area contributed by atoms with E-state index in [0.717, 1.165) is 22.8 Å². The summed E-state index contributed by atoms with van der Waals surface area (Å²) in [7, 11) is 2.14. The molecule has 0 aliphatic carbocycles. The van der Waals surface area contributed by atoms with Gasteiger partial charge in [-0.15, -0.1) is 11.3 Å². The molecule has 0 saturated carbocycles. The second-order valence-electron chi connectivity index (χ2n) is 2.99. The highest BCUT2D eigenvalue weighted by molar-refractivity contribution is 9.09. The van der Waals surface area contributed by atoms with Crippen molar-refractivity contribution in [2.45, 2.75) is 13.0 Å². The first-order valence-corrected chi connectivity index (χ1v) is 6.52. The predicted molar refractivity (Wildman–Crippen MR) is 64.1 cm³/mol. The van der Waals surface area contributed by atoms with Gasteiger partial charge in [-0.1, -0.05) is 27.5 Å². The number of hydrogen-bond acceptors (Lipinski definition) is 2. The lowest BCUT2D eigenvalue weighted by Crippen LogP contribution is -2.18. The van der Waals surface area contributed by atoms with Crippen molar-refractivity contribution >= 4 is 38.9 Å². The summed E-state index contributed by atoms with van der Waals surface area (Å²) in [5.41, 5.74) is 0. The van der Waals surface area contributed by atoms with Crippen LogP contribution < -0.4 is 0 Å². The molecule has 0 aliphatic heterocycles. The van der Waals surface area contributed by atoms with Crippen LogP contribution in [0, 0.1) is 0 Å². The summed E-state index contributed by atoms with van der Waals surface area (Å²) < 4.78 is 0.879. The van der Waals surface area contributed by atoms with Crippen molar-refractivity contribution < 1.29 is 0 Å². The maximum atomic E-state index is 5.84. The molecule has 0 aliphatic rings. The van der Waals surface area contributed by atoms with E-state index in [-0.39, 0.29) is 0 Å². The number of thiophene rings is 1. The quantitative estimate of drug-likeness (QED) is 0.746. The molecule has 4 heteroatoms. The summed E-state index contributed by atoms with van der Waals surface area (Å²) in [5.74, 6) is 0. The molecule has 13 heavy (non-hydrogen) atoms. The average Bonchev–Trinajstić information content (AvgIpc) is 2.48. The number of hydrogen-bond donors (Lipinski definition) is 0. The second-order valence-corrected chi connectivity index (χ2v) is 5.58. The van der Waals surface area contributed by atoms with Gasteiger partial charge < -0.3 is 4.90 Å². The first-order valence-electron chi connectivity index (χ1n) is 4.21. The third kappa shape index (κ3) is 4.45. The molecule has 0 spiro atoms. The van der Waals surface area contributed by atoms with E-state index in [2.05, 4.69) is 33.9 Å². The summed E-state index contributed by atoms with van der Waals surface area (Å²) in [4.78, 5) is 3.64. The smallest absolute Gasteiger partial charge is 0.0931 e. The third-order valence-corrected chi connectivity index (χ3v) is 3.50. The van der Waals surface area contributed by atoms with E-state index in [1.54, 1.807) is 11.3 Å². The SMILES string of the molecule is CN(CCCBr)Cc1ccc(Cl)s1. The van der Waals surface area contributed by atoms with E-state index < -0.39 is 0 Å². The minimum Gasteiger partial charge on any atom is -0.301 e. The molecule has 0 N–H and O–H groups in total. The second kappa shape index (κ2) is 6.02. The minimum absolute atomic E-state index is 0.879. The lowest BCUT2D eigenvalue weighted by Gasteiger charge is -2.14. The topological polar surface area (TPSA) is 3.24 Å². The monoisotopic (exact) mass is 281 g/mol. The van der Waals surface area contributed by atoms with Gasteiger partial charge in [0.25, 0.3) is 0 Å². The van der Waals surface area contributed by atoms with Crippen LogP contribution in [0.3, 0.4) is 0 Å². The fourth-order valence-electron chi connectivity index (χ4n) is 1.11. The van der Waals surface area contributed by atoms with Crippen molar-refractivity contribution in [1.29, 1.82) is 0 Å². The maximum absolute atomic E-state index is 5.84. The van der Waals surface area contributed by atoms with Crippen LogP contribution >= 0.6 is 38.9 Å².